The highest BCUT2D eigenvalue weighted by Crippen LogP contribution is 2.23. The second-order valence-electron chi connectivity index (χ2n) is 4.24. The zero-order valence-corrected chi connectivity index (χ0v) is 13.1. The third kappa shape index (κ3) is 5.09. The Morgan fingerprint density at radius 1 is 1.05 bits per heavy atom. The first-order chi connectivity index (χ1) is 10.0. The van der Waals surface area contributed by atoms with Gasteiger partial charge in [0.25, 0.3) is 0 Å². The summed E-state index contributed by atoms with van der Waals surface area (Å²) in [4.78, 5) is 10.6. The lowest BCUT2D eigenvalue weighted by Gasteiger charge is -2.07. The number of benzene rings is 2. The van der Waals surface area contributed by atoms with Crippen molar-refractivity contribution in [3.8, 4) is 5.75 Å². The van der Waals surface area contributed by atoms with Crippen LogP contribution in [0.25, 0.3) is 6.08 Å². The van der Waals surface area contributed by atoms with Crippen LogP contribution in [0.15, 0.2) is 48.5 Å². The van der Waals surface area contributed by atoms with Gasteiger partial charge in [-0.1, -0.05) is 47.5 Å². The average Bonchev–Trinajstić information content (AvgIpc) is 2.47. The van der Waals surface area contributed by atoms with Crippen LogP contribution in [0.2, 0.25) is 10.0 Å². The Bertz CT molecular complexity index is 664. The van der Waals surface area contributed by atoms with Gasteiger partial charge in [-0.15, -0.1) is 0 Å². The van der Waals surface area contributed by atoms with Gasteiger partial charge in [0.2, 0.25) is 5.24 Å². The molecule has 0 N–H and O–H groups in total. The number of hydrogen-bond donors (Lipinski definition) is 0. The number of rotatable bonds is 5. The van der Waals surface area contributed by atoms with Gasteiger partial charge >= 0.3 is 0 Å². The molecule has 0 aliphatic heterocycles. The Balaban J connectivity index is 1.97. The van der Waals surface area contributed by atoms with E-state index in [0.717, 1.165) is 16.9 Å². The summed E-state index contributed by atoms with van der Waals surface area (Å²) in [6.07, 6.45) is 2.94. The van der Waals surface area contributed by atoms with E-state index in [-0.39, 0.29) is 0 Å². The number of allylic oxidation sites excluding steroid dienone is 1. The fourth-order valence-corrected chi connectivity index (χ4v) is 2.02. The van der Waals surface area contributed by atoms with Gasteiger partial charge in [0.1, 0.15) is 12.4 Å². The van der Waals surface area contributed by atoms with Crippen molar-refractivity contribution < 1.29 is 9.53 Å². The minimum absolute atomic E-state index is 0.395. The fourth-order valence-electron chi connectivity index (χ4n) is 1.63. The van der Waals surface area contributed by atoms with Crippen LogP contribution in [-0.2, 0) is 11.4 Å². The second kappa shape index (κ2) is 7.51. The summed E-state index contributed by atoms with van der Waals surface area (Å²) in [6.45, 7) is 0.395. The first-order valence-electron chi connectivity index (χ1n) is 6.09. The first-order valence-corrected chi connectivity index (χ1v) is 7.22. The van der Waals surface area contributed by atoms with Crippen molar-refractivity contribution in [2.75, 3.05) is 0 Å². The van der Waals surface area contributed by atoms with Crippen molar-refractivity contribution in [1.82, 2.24) is 0 Å². The molecule has 0 unspecified atom stereocenters. The molecular formula is C16H11Cl3O2. The van der Waals surface area contributed by atoms with Gasteiger partial charge in [0.15, 0.2) is 0 Å². The van der Waals surface area contributed by atoms with E-state index in [0.29, 0.717) is 16.7 Å². The lowest BCUT2D eigenvalue weighted by atomic mass is 10.2. The summed E-state index contributed by atoms with van der Waals surface area (Å²) in [5.74, 6) is 0.718. The minimum Gasteiger partial charge on any atom is -0.489 e. The van der Waals surface area contributed by atoms with Gasteiger partial charge in [0, 0.05) is 0 Å². The highest BCUT2D eigenvalue weighted by atomic mass is 35.5. The summed E-state index contributed by atoms with van der Waals surface area (Å²) >= 11 is 17.0. The van der Waals surface area contributed by atoms with E-state index >= 15 is 0 Å². The molecule has 0 aromatic heterocycles. The van der Waals surface area contributed by atoms with Crippen molar-refractivity contribution in [2.45, 2.75) is 6.61 Å². The number of hydrogen-bond acceptors (Lipinski definition) is 2. The summed E-state index contributed by atoms with van der Waals surface area (Å²) in [5, 5.41) is 0.518. The van der Waals surface area contributed by atoms with E-state index in [9.17, 15) is 4.79 Å². The SMILES string of the molecule is O=C(Cl)C=Cc1ccc(OCc2ccc(Cl)c(Cl)c2)cc1. The van der Waals surface area contributed by atoms with E-state index in [1.165, 1.54) is 6.08 Å². The van der Waals surface area contributed by atoms with Crippen molar-refractivity contribution in [1.29, 1.82) is 0 Å². The Kier molecular flexibility index (Phi) is 5.68. The van der Waals surface area contributed by atoms with Gasteiger partial charge in [0.05, 0.1) is 10.0 Å². The maximum absolute atomic E-state index is 10.6. The lowest BCUT2D eigenvalue weighted by molar-refractivity contribution is -0.107. The molecule has 0 amide bonds. The van der Waals surface area contributed by atoms with Gasteiger partial charge in [-0.05, 0) is 53.1 Å². The molecule has 2 nitrogen and oxygen atoms in total. The van der Waals surface area contributed by atoms with E-state index in [1.807, 2.05) is 30.3 Å². The van der Waals surface area contributed by atoms with Crippen LogP contribution < -0.4 is 4.74 Å². The highest BCUT2D eigenvalue weighted by molar-refractivity contribution is 6.66. The van der Waals surface area contributed by atoms with Crippen LogP contribution in [0.1, 0.15) is 11.1 Å². The van der Waals surface area contributed by atoms with Crippen LogP contribution >= 0.6 is 34.8 Å². The van der Waals surface area contributed by atoms with Crippen molar-refractivity contribution >= 4 is 46.1 Å². The summed E-state index contributed by atoms with van der Waals surface area (Å²) in [6, 6.07) is 12.7. The average molecular weight is 342 g/mol. The first kappa shape index (κ1) is 15.9. The normalized spacial score (nSPS) is 10.8. The van der Waals surface area contributed by atoms with Crippen LogP contribution in [0.3, 0.4) is 0 Å². The number of carbonyl (C=O) groups excluding carboxylic acids is 1. The standard InChI is InChI=1S/C16H11Cl3O2/c17-14-7-3-12(9-15(14)18)10-21-13-5-1-11(2-6-13)4-8-16(19)20/h1-9H,10H2. The van der Waals surface area contributed by atoms with Gasteiger partial charge in [-0.2, -0.15) is 0 Å². The summed E-state index contributed by atoms with van der Waals surface area (Å²) in [7, 11) is 0. The van der Waals surface area contributed by atoms with Gasteiger partial charge < -0.3 is 4.74 Å². The molecule has 0 saturated carbocycles. The fraction of sp³-hybridized carbons (Fsp3) is 0.0625. The molecule has 5 heteroatoms. The predicted molar refractivity (Wildman–Crippen MR) is 87.1 cm³/mol. The molecule has 0 saturated heterocycles. The topological polar surface area (TPSA) is 26.3 Å². The Labute approximate surface area is 137 Å². The van der Waals surface area contributed by atoms with Crippen LogP contribution in [-0.4, -0.2) is 5.24 Å². The van der Waals surface area contributed by atoms with E-state index in [2.05, 4.69) is 0 Å². The zero-order chi connectivity index (χ0) is 15.2. The molecule has 0 atom stereocenters. The molecule has 108 valence electrons. The molecular weight excluding hydrogens is 331 g/mol. The van der Waals surface area contributed by atoms with Crippen LogP contribution in [0.4, 0.5) is 0 Å². The third-order valence-corrected chi connectivity index (χ3v) is 3.54. The van der Waals surface area contributed by atoms with Crippen molar-refractivity contribution in [3.05, 3.63) is 69.7 Å². The smallest absolute Gasteiger partial charge is 0.245 e. The Hall–Kier alpha value is -1.48. The molecule has 0 bridgehead atoms. The molecule has 0 heterocycles. The summed E-state index contributed by atoms with van der Waals surface area (Å²) < 4.78 is 5.65. The van der Waals surface area contributed by atoms with E-state index in [1.54, 1.807) is 18.2 Å². The second-order valence-corrected chi connectivity index (χ2v) is 5.43. The molecule has 2 aromatic rings. The molecule has 0 aliphatic carbocycles. The Morgan fingerprint density at radius 2 is 1.76 bits per heavy atom. The molecule has 0 spiro atoms. The van der Waals surface area contributed by atoms with Gasteiger partial charge in [-0.25, -0.2) is 0 Å². The maximum Gasteiger partial charge on any atom is 0.245 e. The number of halogens is 3. The zero-order valence-electron chi connectivity index (χ0n) is 10.9. The monoisotopic (exact) mass is 340 g/mol. The van der Waals surface area contributed by atoms with Crippen LogP contribution in [0.5, 0.6) is 5.75 Å². The van der Waals surface area contributed by atoms with E-state index < -0.39 is 5.24 Å². The quantitative estimate of drug-likeness (QED) is 0.541. The molecule has 21 heavy (non-hydrogen) atoms. The Morgan fingerprint density at radius 3 is 2.38 bits per heavy atom. The van der Waals surface area contributed by atoms with Gasteiger partial charge in [-0.3, -0.25) is 4.79 Å². The van der Waals surface area contributed by atoms with Crippen molar-refractivity contribution in [3.63, 3.8) is 0 Å². The maximum atomic E-state index is 10.6. The minimum atomic E-state index is -0.505. The van der Waals surface area contributed by atoms with Crippen molar-refractivity contribution in [2.24, 2.45) is 0 Å². The molecule has 0 fully saturated rings. The lowest BCUT2D eigenvalue weighted by Crippen LogP contribution is -1.95. The largest absolute Gasteiger partial charge is 0.489 e. The predicted octanol–water partition coefficient (Wildman–Crippen LogP) is 5.35. The number of ether oxygens (including phenoxy) is 1. The molecule has 0 radical (unpaired) electrons. The van der Waals surface area contributed by atoms with E-state index in [4.69, 9.17) is 39.5 Å². The number of carbonyl (C=O) groups is 1. The van der Waals surface area contributed by atoms with Crippen LogP contribution in [0, 0.1) is 0 Å². The summed E-state index contributed by atoms with van der Waals surface area (Å²) in [5.41, 5.74) is 1.80. The molecule has 0 aliphatic rings. The highest BCUT2D eigenvalue weighted by Gasteiger charge is 2.01. The molecule has 2 rings (SSSR count). The molecule has 2 aromatic carbocycles. The third-order valence-electron chi connectivity index (χ3n) is 2.68.